The van der Waals surface area contributed by atoms with E-state index in [0.717, 1.165) is 71.7 Å². The Morgan fingerprint density at radius 3 is 2.46 bits per heavy atom. The summed E-state index contributed by atoms with van der Waals surface area (Å²) in [6.45, 7) is 10.1. The van der Waals surface area contributed by atoms with E-state index in [1.807, 2.05) is 12.1 Å². The van der Waals surface area contributed by atoms with E-state index in [-0.39, 0.29) is 11.3 Å². The van der Waals surface area contributed by atoms with Crippen LogP contribution in [0.25, 0.3) is 26.5 Å². The molecule has 0 amide bonds. The van der Waals surface area contributed by atoms with Crippen LogP contribution < -0.4 is 15.8 Å². The van der Waals surface area contributed by atoms with Crippen LogP contribution in [0.5, 0.6) is 0 Å². The molecule has 1 saturated heterocycles. The number of halogens is 5. The molecule has 0 unspecified atom stereocenters. The molecule has 6 nitrogen and oxygen atoms in total. The molecule has 0 bridgehead atoms. The molecule has 1 aliphatic heterocycles. The van der Waals surface area contributed by atoms with E-state index >= 15 is 0 Å². The number of nitrogens with zero attached hydrogens (tertiary/aromatic N) is 4. The van der Waals surface area contributed by atoms with Gasteiger partial charge < -0.3 is 14.8 Å². The summed E-state index contributed by atoms with van der Waals surface area (Å²) in [6, 6.07) is 8.82. The third-order valence-corrected chi connectivity index (χ3v) is 7.36. The Kier molecular flexibility index (Phi) is 7.20. The highest BCUT2D eigenvalue weighted by molar-refractivity contribution is 7.14. The molecule has 5 rings (SSSR count). The third kappa shape index (κ3) is 5.41. The molecular weight excluding hydrogens is 537 g/mol. The molecule has 39 heavy (non-hydrogen) atoms. The minimum absolute atomic E-state index is 0.111. The van der Waals surface area contributed by atoms with Crippen LogP contribution in [-0.4, -0.2) is 35.7 Å². The van der Waals surface area contributed by atoms with Crippen LogP contribution in [0.1, 0.15) is 11.1 Å². The number of pyridine rings is 2. The molecule has 1 N–H and O–H groups in total. The zero-order valence-corrected chi connectivity index (χ0v) is 21.0. The first-order valence-corrected chi connectivity index (χ1v) is 12.7. The maximum Gasteiger partial charge on any atom is 0.407 e. The minimum Gasteiger partial charge on any atom is -0.354 e. The first-order valence-electron chi connectivity index (χ1n) is 11.8. The van der Waals surface area contributed by atoms with Gasteiger partial charge in [0.2, 0.25) is 0 Å². The van der Waals surface area contributed by atoms with Crippen LogP contribution in [0.2, 0.25) is 0 Å². The van der Waals surface area contributed by atoms with E-state index < -0.39 is 41.2 Å². The summed E-state index contributed by atoms with van der Waals surface area (Å²) in [6.07, 6.45) is -3.29. The van der Waals surface area contributed by atoms with Crippen LogP contribution in [0.3, 0.4) is 0 Å². The zero-order valence-electron chi connectivity index (χ0n) is 20.2. The summed E-state index contributed by atoms with van der Waals surface area (Å²) in [5.74, 6) is -0.979. The largest absolute Gasteiger partial charge is 0.407 e. The Hall–Kier alpha value is -4.08. The van der Waals surface area contributed by atoms with E-state index in [1.54, 1.807) is 17.6 Å². The molecule has 0 aliphatic carbocycles. The fourth-order valence-corrected chi connectivity index (χ4v) is 5.34. The van der Waals surface area contributed by atoms with Crippen LogP contribution in [0.15, 0.2) is 58.8 Å². The monoisotopic (exact) mass is 557 g/mol. The van der Waals surface area contributed by atoms with Crippen molar-refractivity contribution in [1.82, 2.24) is 14.9 Å². The number of alkyl halides is 3. The molecule has 1 aromatic carbocycles. The van der Waals surface area contributed by atoms with Crippen molar-refractivity contribution < 1.29 is 22.0 Å². The zero-order chi connectivity index (χ0) is 27.7. The number of anilines is 1. The lowest BCUT2D eigenvalue weighted by molar-refractivity contribution is -0.136. The molecule has 0 radical (unpaired) electrons. The minimum atomic E-state index is -4.96. The van der Waals surface area contributed by atoms with E-state index in [2.05, 4.69) is 20.0 Å². The quantitative estimate of drug-likeness (QED) is 0.244. The second kappa shape index (κ2) is 10.6. The standard InChI is InChI=1S/C27H20F5N5OS/c1-33-25-20(27(30,31)32)12-22(37(26(25)38)14-17-2-4-19(28)11-21(17)29)23-10-18(15-39-23)16-3-5-24(35-13-16)36-8-6-34-7-9-36/h2-5,10-13,15,34H,6-9,14H2. The SMILES string of the molecule is [C-]#[N+]c1c(C(F)(F)F)cc(-c2cc(-c3ccc(N4CCNCC4)nc3)cs2)n(Cc2ccc(F)cc2F)c1=O. The van der Waals surface area contributed by atoms with Crippen molar-refractivity contribution in [2.45, 2.75) is 12.7 Å². The number of benzene rings is 1. The average Bonchev–Trinajstić information content (AvgIpc) is 3.41. The van der Waals surface area contributed by atoms with Gasteiger partial charge in [-0.25, -0.2) is 18.6 Å². The molecule has 200 valence electrons. The first-order chi connectivity index (χ1) is 18.7. The average molecular weight is 558 g/mol. The van der Waals surface area contributed by atoms with Crippen LogP contribution in [-0.2, 0) is 12.7 Å². The Labute approximate surface area is 223 Å². The number of hydrogen-bond acceptors (Lipinski definition) is 5. The van der Waals surface area contributed by atoms with E-state index in [9.17, 15) is 26.7 Å². The first kappa shape index (κ1) is 26.5. The topological polar surface area (TPSA) is 54.5 Å². The summed E-state index contributed by atoms with van der Waals surface area (Å²) in [5, 5.41) is 5.00. The number of piperazine rings is 1. The van der Waals surface area contributed by atoms with Gasteiger partial charge in [-0.3, -0.25) is 4.79 Å². The lowest BCUT2D eigenvalue weighted by Gasteiger charge is -2.28. The van der Waals surface area contributed by atoms with Gasteiger partial charge in [-0.2, -0.15) is 13.2 Å². The smallest absolute Gasteiger partial charge is 0.354 e. The summed E-state index contributed by atoms with van der Waals surface area (Å²) in [7, 11) is 0. The van der Waals surface area contributed by atoms with Gasteiger partial charge >= 0.3 is 6.18 Å². The van der Waals surface area contributed by atoms with Gasteiger partial charge in [0.05, 0.1) is 29.3 Å². The van der Waals surface area contributed by atoms with Crippen molar-refractivity contribution >= 4 is 22.8 Å². The van der Waals surface area contributed by atoms with Crippen molar-refractivity contribution in [3.05, 3.63) is 98.6 Å². The molecule has 4 aromatic rings. The molecule has 1 fully saturated rings. The Morgan fingerprint density at radius 1 is 1.05 bits per heavy atom. The number of nitrogens with one attached hydrogen (secondary N) is 1. The normalized spacial score (nSPS) is 13.9. The summed E-state index contributed by atoms with van der Waals surface area (Å²) < 4.78 is 70.3. The Morgan fingerprint density at radius 2 is 1.82 bits per heavy atom. The van der Waals surface area contributed by atoms with Crippen LogP contribution in [0.4, 0.5) is 33.5 Å². The summed E-state index contributed by atoms with van der Waals surface area (Å²) in [4.78, 5) is 23.0. The van der Waals surface area contributed by atoms with Crippen molar-refractivity contribution in [1.29, 1.82) is 0 Å². The van der Waals surface area contributed by atoms with Gasteiger partial charge in [0, 0.05) is 49.6 Å². The second-order valence-corrected chi connectivity index (χ2v) is 9.78. The number of aromatic nitrogens is 2. The molecule has 0 spiro atoms. The van der Waals surface area contributed by atoms with Gasteiger partial charge in [-0.05, 0) is 41.3 Å². The molecule has 12 heteroatoms. The highest BCUT2D eigenvalue weighted by Crippen LogP contribution is 2.39. The lowest BCUT2D eigenvalue weighted by atomic mass is 10.1. The van der Waals surface area contributed by atoms with Crippen molar-refractivity contribution in [2.24, 2.45) is 0 Å². The maximum atomic E-state index is 14.4. The maximum absolute atomic E-state index is 14.4. The molecular formula is C27H20F5N5OS. The predicted molar refractivity (Wildman–Crippen MR) is 139 cm³/mol. The molecule has 3 aromatic heterocycles. The molecule has 4 heterocycles. The number of thiophene rings is 1. The summed E-state index contributed by atoms with van der Waals surface area (Å²) in [5.41, 5.74) is -2.54. The van der Waals surface area contributed by atoms with Crippen molar-refractivity contribution in [3.8, 4) is 21.7 Å². The highest BCUT2D eigenvalue weighted by atomic mass is 32.1. The summed E-state index contributed by atoms with van der Waals surface area (Å²) >= 11 is 1.10. The van der Waals surface area contributed by atoms with E-state index in [4.69, 9.17) is 6.57 Å². The third-order valence-electron chi connectivity index (χ3n) is 6.41. The Balaban J connectivity index is 1.58. The Bertz CT molecular complexity index is 1620. The van der Waals surface area contributed by atoms with E-state index in [1.165, 1.54) is 0 Å². The lowest BCUT2D eigenvalue weighted by Crippen LogP contribution is -2.43. The predicted octanol–water partition coefficient (Wildman–Crippen LogP) is 5.94. The van der Waals surface area contributed by atoms with E-state index in [0.29, 0.717) is 16.5 Å². The molecule has 1 aliphatic rings. The van der Waals surface area contributed by atoms with Crippen LogP contribution in [0, 0.1) is 18.2 Å². The second-order valence-electron chi connectivity index (χ2n) is 8.87. The number of rotatable bonds is 5. The van der Waals surface area contributed by atoms with Gasteiger partial charge in [0.25, 0.3) is 11.2 Å². The highest BCUT2D eigenvalue weighted by Gasteiger charge is 2.36. The fourth-order valence-electron chi connectivity index (χ4n) is 4.40. The van der Waals surface area contributed by atoms with Gasteiger partial charge in [-0.1, -0.05) is 6.07 Å². The van der Waals surface area contributed by atoms with Gasteiger partial charge in [-0.15, -0.1) is 11.3 Å². The van der Waals surface area contributed by atoms with Gasteiger partial charge in [0.1, 0.15) is 17.5 Å². The van der Waals surface area contributed by atoms with Crippen molar-refractivity contribution in [2.75, 3.05) is 31.1 Å². The van der Waals surface area contributed by atoms with Gasteiger partial charge in [0.15, 0.2) is 0 Å². The molecule has 0 atom stereocenters. The van der Waals surface area contributed by atoms with Crippen molar-refractivity contribution in [3.63, 3.8) is 0 Å². The number of hydrogen-bond donors (Lipinski definition) is 1. The molecule has 0 saturated carbocycles. The van der Waals surface area contributed by atoms with Crippen LogP contribution >= 0.6 is 11.3 Å². The fraction of sp³-hybridized carbons (Fsp3) is 0.222.